The lowest BCUT2D eigenvalue weighted by molar-refractivity contribution is -0.125. The van der Waals surface area contributed by atoms with Crippen LogP contribution in [0.15, 0.2) is 52.9 Å². The van der Waals surface area contributed by atoms with E-state index in [0.717, 1.165) is 40.3 Å². The van der Waals surface area contributed by atoms with Crippen LogP contribution in [0.3, 0.4) is 0 Å². The zero-order valence-corrected chi connectivity index (χ0v) is 15.9. The fourth-order valence-corrected chi connectivity index (χ4v) is 3.71. The van der Waals surface area contributed by atoms with Crippen LogP contribution in [0.5, 0.6) is 5.75 Å². The van der Waals surface area contributed by atoms with Gasteiger partial charge < -0.3 is 14.1 Å². The van der Waals surface area contributed by atoms with E-state index in [9.17, 15) is 4.79 Å². The van der Waals surface area contributed by atoms with Crippen LogP contribution in [0.2, 0.25) is 0 Å². The van der Waals surface area contributed by atoms with Crippen molar-refractivity contribution in [2.45, 2.75) is 26.4 Å². The molecule has 2 heterocycles. The third-order valence-corrected chi connectivity index (χ3v) is 5.46. The lowest BCUT2D eigenvalue weighted by Gasteiger charge is -2.38. The summed E-state index contributed by atoms with van der Waals surface area (Å²) in [5.74, 6) is 1.84. The summed E-state index contributed by atoms with van der Waals surface area (Å²) in [7, 11) is 1.64. The number of carbonyl (C=O) groups excluding carboxylic acids is 1. The van der Waals surface area contributed by atoms with Gasteiger partial charge in [-0.15, -0.1) is 0 Å². The zero-order chi connectivity index (χ0) is 19.0. The Morgan fingerprint density at radius 3 is 2.56 bits per heavy atom. The van der Waals surface area contributed by atoms with Crippen LogP contribution in [0.4, 0.5) is 5.69 Å². The minimum absolute atomic E-state index is 0.111. The van der Waals surface area contributed by atoms with Crippen molar-refractivity contribution < 1.29 is 13.9 Å². The Morgan fingerprint density at radius 1 is 1.11 bits per heavy atom. The van der Waals surface area contributed by atoms with Gasteiger partial charge in [0.25, 0.3) is 0 Å². The van der Waals surface area contributed by atoms with Gasteiger partial charge in [0.05, 0.1) is 19.7 Å². The van der Waals surface area contributed by atoms with E-state index in [1.165, 1.54) is 0 Å². The first-order chi connectivity index (χ1) is 13.1. The van der Waals surface area contributed by atoms with Crippen LogP contribution in [-0.4, -0.2) is 37.0 Å². The number of rotatable bonds is 4. The molecular weight excluding hydrogens is 340 g/mol. The molecule has 1 unspecified atom stereocenters. The molecule has 0 bridgehead atoms. The molecule has 5 nitrogen and oxygen atoms in total. The maximum absolute atomic E-state index is 13.0. The van der Waals surface area contributed by atoms with E-state index >= 15 is 0 Å². The molecule has 1 amide bonds. The number of aryl methyl sites for hydroxylation is 1. The highest BCUT2D eigenvalue weighted by Gasteiger charge is 2.33. The van der Waals surface area contributed by atoms with Crippen LogP contribution in [0.1, 0.15) is 18.2 Å². The molecule has 5 heteroatoms. The predicted molar refractivity (Wildman–Crippen MR) is 106 cm³/mol. The Labute approximate surface area is 159 Å². The van der Waals surface area contributed by atoms with Crippen molar-refractivity contribution in [3.63, 3.8) is 0 Å². The summed E-state index contributed by atoms with van der Waals surface area (Å²) < 4.78 is 11.2. The van der Waals surface area contributed by atoms with Crippen molar-refractivity contribution in [2.75, 3.05) is 25.1 Å². The largest absolute Gasteiger partial charge is 0.497 e. The summed E-state index contributed by atoms with van der Waals surface area (Å²) in [5.41, 5.74) is 2.97. The molecule has 1 saturated heterocycles. The van der Waals surface area contributed by atoms with E-state index < -0.39 is 0 Å². The predicted octanol–water partition coefficient (Wildman–Crippen LogP) is 3.99. The van der Waals surface area contributed by atoms with E-state index in [2.05, 4.69) is 17.9 Å². The minimum atomic E-state index is -0.200. The second-order valence-corrected chi connectivity index (χ2v) is 6.98. The number of ether oxygens (including phenoxy) is 1. The Balaban J connectivity index is 1.51. The van der Waals surface area contributed by atoms with Crippen molar-refractivity contribution >= 4 is 22.6 Å². The fourth-order valence-electron chi connectivity index (χ4n) is 3.71. The molecule has 1 aromatic heterocycles. The van der Waals surface area contributed by atoms with Gasteiger partial charge >= 0.3 is 0 Å². The normalized spacial score (nSPS) is 18.3. The lowest BCUT2D eigenvalue weighted by Crippen LogP contribution is -2.55. The molecule has 0 aliphatic carbocycles. The van der Waals surface area contributed by atoms with Crippen LogP contribution < -0.4 is 9.64 Å². The summed E-state index contributed by atoms with van der Waals surface area (Å²) in [4.78, 5) is 17.0. The fraction of sp³-hybridized carbons (Fsp3) is 0.318. The third-order valence-electron chi connectivity index (χ3n) is 5.46. The number of hydrogen-bond acceptors (Lipinski definition) is 4. The van der Waals surface area contributed by atoms with Gasteiger partial charge in [0.1, 0.15) is 17.1 Å². The summed E-state index contributed by atoms with van der Waals surface area (Å²) in [6, 6.07) is 15.5. The van der Waals surface area contributed by atoms with Gasteiger partial charge in [0, 0.05) is 24.2 Å². The molecule has 3 aromatic rings. The standard InChI is InChI=1S/C22H24N2O3/c1-15-19-6-4-5-7-20(19)27-21(15)14-23-12-13-24(22(25)16(23)2)17-8-10-18(26-3)11-9-17/h4-11,16H,12-14H2,1-3H3. The molecule has 1 fully saturated rings. The smallest absolute Gasteiger partial charge is 0.244 e. The van der Waals surface area contributed by atoms with Gasteiger partial charge in [0.2, 0.25) is 5.91 Å². The van der Waals surface area contributed by atoms with Gasteiger partial charge in [-0.1, -0.05) is 18.2 Å². The maximum Gasteiger partial charge on any atom is 0.244 e. The first kappa shape index (κ1) is 17.6. The highest BCUT2D eigenvalue weighted by molar-refractivity contribution is 5.97. The highest BCUT2D eigenvalue weighted by Crippen LogP contribution is 2.28. The number of carbonyl (C=O) groups is 1. The molecule has 1 aliphatic heterocycles. The summed E-state index contributed by atoms with van der Waals surface area (Å²) in [5, 5.41) is 1.14. The number of furan rings is 1. The number of hydrogen-bond donors (Lipinski definition) is 0. The second kappa shape index (κ2) is 7.08. The lowest BCUT2D eigenvalue weighted by atomic mass is 10.1. The van der Waals surface area contributed by atoms with E-state index in [1.807, 2.05) is 54.3 Å². The van der Waals surface area contributed by atoms with E-state index in [-0.39, 0.29) is 11.9 Å². The van der Waals surface area contributed by atoms with Gasteiger partial charge in [-0.25, -0.2) is 0 Å². The Hall–Kier alpha value is -2.79. The molecule has 4 rings (SSSR count). The summed E-state index contributed by atoms with van der Waals surface area (Å²) in [6.07, 6.45) is 0. The molecule has 140 valence electrons. The van der Waals surface area contributed by atoms with Crippen molar-refractivity contribution in [1.29, 1.82) is 0 Å². The van der Waals surface area contributed by atoms with Gasteiger partial charge in [-0.2, -0.15) is 0 Å². The van der Waals surface area contributed by atoms with Crippen LogP contribution >= 0.6 is 0 Å². The van der Waals surface area contributed by atoms with Crippen molar-refractivity contribution in [2.24, 2.45) is 0 Å². The SMILES string of the molecule is COc1ccc(N2CCN(Cc3oc4ccccc4c3C)C(C)C2=O)cc1. The van der Waals surface area contributed by atoms with Gasteiger partial charge in [-0.3, -0.25) is 9.69 Å². The molecular formula is C22H24N2O3. The molecule has 2 aromatic carbocycles. The Kier molecular flexibility index (Phi) is 4.62. The van der Waals surface area contributed by atoms with Crippen molar-refractivity contribution in [1.82, 2.24) is 4.90 Å². The number of nitrogens with zero attached hydrogens (tertiary/aromatic N) is 2. The molecule has 1 aliphatic rings. The molecule has 0 spiro atoms. The number of para-hydroxylation sites is 1. The molecule has 0 radical (unpaired) electrons. The number of benzene rings is 2. The first-order valence-corrected chi connectivity index (χ1v) is 9.25. The molecule has 0 N–H and O–H groups in total. The quantitative estimate of drug-likeness (QED) is 0.702. The summed E-state index contributed by atoms with van der Waals surface area (Å²) in [6.45, 7) is 6.16. The number of piperazine rings is 1. The second-order valence-electron chi connectivity index (χ2n) is 6.98. The van der Waals surface area contributed by atoms with E-state index in [1.54, 1.807) is 7.11 Å². The first-order valence-electron chi connectivity index (χ1n) is 9.25. The number of methoxy groups -OCH3 is 1. The van der Waals surface area contributed by atoms with E-state index in [4.69, 9.17) is 9.15 Å². The molecule has 27 heavy (non-hydrogen) atoms. The van der Waals surface area contributed by atoms with Crippen LogP contribution in [-0.2, 0) is 11.3 Å². The monoisotopic (exact) mass is 364 g/mol. The number of anilines is 1. The van der Waals surface area contributed by atoms with Crippen LogP contribution in [0, 0.1) is 6.92 Å². The zero-order valence-electron chi connectivity index (χ0n) is 15.9. The molecule has 1 atom stereocenters. The topological polar surface area (TPSA) is 45.9 Å². The van der Waals surface area contributed by atoms with Crippen LogP contribution in [0.25, 0.3) is 11.0 Å². The van der Waals surface area contributed by atoms with Gasteiger partial charge in [-0.05, 0) is 49.7 Å². The Bertz CT molecular complexity index is 961. The average molecular weight is 364 g/mol. The number of fused-ring (bicyclic) bond motifs is 1. The third kappa shape index (κ3) is 3.19. The number of amides is 1. The molecule has 0 saturated carbocycles. The average Bonchev–Trinajstić information content (AvgIpc) is 3.02. The maximum atomic E-state index is 13.0. The van der Waals surface area contributed by atoms with Crippen molar-refractivity contribution in [3.05, 3.63) is 59.9 Å². The van der Waals surface area contributed by atoms with E-state index in [0.29, 0.717) is 13.1 Å². The van der Waals surface area contributed by atoms with Gasteiger partial charge in [0.15, 0.2) is 0 Å². The Morgan fingerprint density at radius 2 is 1.85 bits per heavy atom. The highest BCUT2D eigenvalue weighted by atomic mass is 16.5. The van der Waals surface area contributed by atoms with Crippen molar-refractivity contribution in [3.8, 4) is 5.75 Å². The minimum Gasteiger partial charge on any atom is -0.497 e. The summed E-state index contributed by atoms with van der Waals surface area (Å²) >= 11 is 0.